The Morgan fingerprint density at radius 3 is 2.35 bits per heavy atom. The fourth-order valence-electron chi connectivity index (χ4n) is 1.73. The van der Waals surface area contributed by atoms with Crippen LogP contribution in [0.2, 0.25) is 15.1 Å². The normalized spacial score (nSPS) is 11.0. The van der Waals surface area contributed by atoms with E-state index in [1.807, 2.05) is 0 Å². The van der Waals surface area contributed by atoms with Gasteiger partial charge in [-0.25, -0.2) is 0 Å². The molecule has 2 aromatic carbocycles. The number of phenolic OH excluding ortho intramolecular Hbond substituents is 1. The van der Waals surface area contributed by atoms with Crippen molar-refractivity contribution in [3.05, 3.63) is 62.6 Å². The van der Waals surface area contributed by atoms with Gasteiger partial charge < -0.3 is 10.4 Å². The first-order chi connectivity index (χ1) is 10.9. The van der Waals surface area contributed by atoms with Gasteiger partial charge in [0.2, 0.25) is 0 Å². The monoisotopic (exact) mass is 366 g/mol. The van der Waals surface area contributed by atoms with Crippen molar-refractivity contribution in [1.29, 1.82) is 5.26 Å². The summed E-state index contributed by atoms with van der Waals surface area (Å²) in [4.78, 5) is 12.2. The summed E-state index contributed by atoms with van der Waals surface area (Å²) in [6.45, 7) is 0. The summed E-state index contributed by atoms with van der Waals surface area (Å²) >= 11 is 17.7. The molecule has 1 amide bonds. The molecule has 2 N–H and O–H groups in total. The Labute approximate surface area is 147 Å². The van der Waals surface area contributed by atoms with E-state index in [9.17, 15) is 15.2 Å². The summed E-state index contributed by atoms with van der Waals surface area (Å²) in [5, 5.41) is 21.7. The van der Waals surface area contributed by atoms with Crippen LogP contribution >= 0.6 is 34.8 Å². The number of hydrogen-bond acceptors (Lipinski definition) is 3. The second-order valence-corrected chi connectivity index (χ2v) is 5.65. The summed E-state index contributed by atoms with van der Waals surface area (Å²) < 4.78 is 0. The zero-order valence-electron chi connectivity index (χ0n) is 11.5. The molecular formula is C16H9Cl3N2O2. The van der Waals surface area contributed by atoms with Crippen LogP contribution in [0.15, 0.2) is 42.0 Å². The van der Waals surface area contributed by atoms with E-state index in [0.717, 1.165) is 0 Å². The van der Waals surface area contributed by atoms with Gasteiger partial charge >= 0.3 is 0 Å². The Kier molecular flexibility index (Phi) is 5.51. The lowest BCUT2D eigenvalue weighted by molar-refractivity contribution is -0.112. The van der Waals surface area contributed by atoms with Crippen molar-refractivity contribution in [3.8, 4) is 11.8 Å². The summed E-state index contributed by atoms with van der Waals surface area (Å²) in [6.07, 6.45) is 1.34. The molecule has 0 aliphatic rings. The van der Waals surface area contributed by atoms with E-state index >= 15 is 0 Å². The molecule has 0 unspecified atom stereocenters. The molecule has 23 heavy (non-hydrogen) atoms. The standard InChI is InChI=1S/C16H9Cl3N2O2/c17-11-2-1-3-12(18)15(11)21-16(23)10(8-20)6-9-4-5-14(22)13(19)7-9/h1-7,22H,(H,21,23). The lowest BCUT2D eigenvalue weighted by Crippen LogP contribution is -2.14. The van der Waals surface area contributed by atoms with Gasteiger partial charge in [0.05, 0.1) is 20.8 Å². The first-order valence-corrected chi connectivity index (χ1v) is 7.41. The van der Waals surface area contributed by atoms with E-state index in [-0.39, 0.29) is 32.1 Å². The van der Waals surface area contributed by atoms with Crippen LogP contribution in [0.3, 0.4) is 0 Å². The van der Waals surface area contributed by atoms with Crippen LogP contribution in [0, 0.1) is 11.3 Å². The zero-order valence-corrected chi connectivity index (χ0v) is 13.7. The van der Waals surface area contributed by atoms with Crippen LogP contribution in [0.4, 0.5) is 5.69 Å². The highest BCUT2D eigenvalue weighted by Crippen LogP contribution is 2.30. The van der Waals surface area contributed by atoms with Crippen molar-refractivity contribution in [2.45, 2.75) is 0 Å². The molecule has 2 rings (SSSR count). The lowest BCUT2D eigenvalue weighted by Gasteiger charge is -2.08. The van der Waals surface area contributed by atoms with Gasteiger partial charge in [0, 0.05) is 0 Å². The maximum Gasteiger partial charge on any atom is 0.266 e. The van der Waals surface area contributed by atoms with Crippen LogP contribution in [0.1, 0.15) is 5.56 Å². The Morgan fingerprint density at radius 2 is 1.78 bits per heavy atom. The number of carbonyl (C=O) groups is 1. The number of carbonyl (C=O) groups excluding carboxylic acids is 1. The number of nitrogens with one attached hydrogen (secondary N) is 1. The molecule has 0 radical (unpaired) electrons. The highest BCUT2D eigenvalue weighted by Gasteiger charge is 2.14. The second kappa shape index (κ2) is 7.38. The van der Waals surface area contributed by atoms with Crippen molar-refractivity contribution < 1.29 is 9.90 Å². The molecule has 0 spiro atoms. The van der Waals surface area contributed by atoms with Gasteiger partial charge in [0.1, 0.15) is 17.4 Å². The van der Waals surface area contributed by atoms with E-state index in [1.54, 1.807) is 24.3 Å². The average molecular weight is 368 g/mol. The Hall–Kier alpha value is -2.19. The van der Waals surface area contributed by atoms with Crippen molar-refractivity contribution in [2.75, 3.05) is 5.32 Å². The SMILES string of the molecule is N#CC(=Cc1ccc(O)c(Cl)c1)C(=O)Nc1c(Cl)cccc1Cl. The number of nitriles is 1. The fraction of sp³-hybridized carbons (Fsp3) is 0. The highest BCUT2D eigenvalue weighted by molar-refractivity contribution is 6.40. The van der Waals surface area contributed by atoms with Gasteiger partial charge in [-0.15, -0.1) is 0 Å². The molecule has 0 aliphatic carbocycles. The minimum Gasteiger partial charge on any atom is -0.506 e. The number of aromatic hydroxyl groups is 1. The van der Waals surface area contributed by atoms with Gasteiger partial charge in [0.25, 0.3) is 5.91 Å². The van der Waals surface area contributed by atoms with Crippen molar-refractivity contribution in [2.24, 2.45) is 0 Å². The largest absolute Gasteiger partial charge is 0.506 e. The Morgan fingerprint density at radius 1 is 1.13 bits per heavy atom. The number of rotatable bonds is 3. The number of amides is 1. The number of para-hydroxylation sites is 1. The molecule has 0 saturated heterocycles. The number of nitrogens with zero attached hydrogens (tertiary/aromatic N) is 1. The first-order valence-electron chi connectivity index (χ1n) is 6.28. The van der Waals surface area contributed by atoms with Gasteiger partial charge in [-0.3, -0.25) is 4.79 Å². The lowest BCUT2D eigenvalue weighted by atomic mass is 10.1. The van der Waals surface area contributed by atoms with E-state index in [2.05, 4.69) is 5.32 Å². The Bertz CT molecular complexity index is 821. The van der Waals surface area contributed by atoms with Crippen LogP contribution in [0.5, 0.6) is 5.75 Å². The summed E-state index contributed by atoms with van der Waals surface area (Å²) in [6, 6.07) is 10.9. The van der Waals surface area contributed by atoms with Gasteiger partial charge in [-0.05, 0) is 35.9 Å². The average Bonchev–Trinajstić information content (AvgIpc) is 2.52. The quantitative estimate of drug-likeness (QED) is 0.598. The number of hydrogen-bond donors (Lipinski definition) is 2. The molecule has 0 fully saturated rings. The van der Waals surface area contributed by atoms with Gasteiger partial charge in [0.15, 0.2) is 0 Å². The summed E-state index contributed by atoms with van der Waals surface area (Å²) in [7, 11) is 0. The van der Waals surface area contributed by atoms with Gasteiger partial charge in [-0.2, -0.15) is 5.26 Å². The molecular weight excluding hydrogens is 359 g/mol. The van der Waals surface area contributed by atoms with E-state index in [4.69, 9.17) is 34.8 Å². The van der Waals surface area contributed by atoms with Crippen molar-refractivity contribution >= 4 is 52.5 Å². The fourth-order valence-corrected chi connectivity index (χ4v) is 2.41. The molecule has 4 nitrogen and oxygen atoms in total. The van der Waals surface area contributed by atoms with Crippen LogP contribution in [-0.4, -0.2) is 11.0 Å². The smallest absolute Gasteiger partial charge is 0.266 e. The molecule has 0 aromatic heterocycles. The molecule has 116 valence electrons. The molecule has 0 aliphatic heterocycles. The van der Waals surface area contributed by atoms with Crippen LogP contribution < -0.4 is 5.32 Å². The van der Waals surface area contributed by atoms with Crippen LogP contribution in [-0.2, 0) is 4.79 Å². The third kappa shape index (κ3) is 4.17. The number of halogens is 3. The third-order valence-corrected chi connectivity index (χ3v) is 3.78. The van der Waals surface area contributed by atoms with Crippen molar-refractivity contribution in [3.63, 3.8) is 0 Å². The Balaban J connectivity index is 2.30. The second-order valence-electron chi connectivity index (χ2n) is 4.43. The topological polar surface area (TPSA) is 73.1 Å². The van der Waals surface area contributed by atoms with E-state index < -0.39 is 5.91 Å². The molecule has 0 heterocycles. The first kappa shape index (κ1) is 17.2. The molecule has 0 saturated carbocycles. The zero-order chi connectivity index (χ0) is 17.0. The number of benzene rings is 2. The summed E-state index contributed by atoms with van der Waals surface area (Å²) in [5.41, 5.74) is 0.554. The predicted octanol–water partition coefficient (Wildman–Crippen LogP) is 4.90. The maximum atomic E-state index is 12.2. The molecule has 7 heteroatoms. The van der Waals surface area contributed by atoms with Crippen molar-refractivity contribution in [1.82, 2.24) is 0 Å². The molecule has 2 aromatic rings. The van der Waals surface area contributed by atoms with E-state index in [1.165, 1.54) is 24.3 Å². The minimum atomic E-state index is -0.660. The molecule has 0 bridgehead atoms. The predicted molar refractivity (Wildman–Crippen MR) is 91.8 cm³/mol. The van der Waals surface area contributed by atoms with Gasteiger partial charge in [-0.1, -0.05) is 46.9 Å². The number of anilines is 1. The highest BCUT2D eigenvalue weighted by atomic mass is 35.5. The third-order valence-electron chi connectivity index (χ3n) is 2.85. The molecule has 0 atom stereocenters. The summed E-state index contributed by atoms with van der Waals surface area (Å²) in [5.74, 6) is -0.749. The van der Waals surface area contributed by atoms with Crippen LogP contribution in [0.25, 0.3) is 6.08 Å². The minimum absolute atomic E-state index is 0.0883. The van der Waals surface area contributed by atoms with E-state index in [0.29, 0.717) is 5.56 Å². The maximum absolute atomic E-state index is 12.2. The number of phenols is 1.